The third-order valence-electron chi connectivity index (χ3n) is 8.83. The maximum absolute atomic E-state index is 13.8. The summed E-state index contributed by atoms with van der Waals surface area (Å²) >= 11 is 0. The van der Waals surface area contributed by atoms with Gasteiger partial charge in [0.1, 0.15) is 0 Å². The molecule has 1 aliphatic carbocycles. The molecule has 4 bridgehead atoms. The first-order valence-electron chi connectivity index (χ1n) is 15.0. The number of nitrogens with one attached hydrogen (secondary N) is 1. The van der Waals surface area contributed by atoms with Crippen molar-refractivity contribution in [3.05, 3.63) is 65.2 Å². The van der Waals surface area contributed by atoms with E-state index in [1.54, 1.807) is 18.2 Å². The summed E-state index contributed by atoms with van der Waals surface area (Å²) in [7, 11) is -4.07. The van der Waals surface area contributed by atoms with Gasteiger partial charge in [0.05, 0.1) is 17.2 Å². The Kier molecular flexibility index (Phi) is 8.18. The number of ether oxygens (including phenoxy) is 1. The Hall–Kier alpha value is -3.50. The van der Waals surface area contributed by atoms with Gasteiger partial charge in [-0.1, -0.05) is 43.5 Å². The average Bonchev–Trinajstić information content (AvgIpc) is 2.97. The summed E-state index contributed by atoms with van der Waals surface area (Å²) in [5, 5.41) is 0. The third kappa shape index (κ3) is 6.15. The normalized spacial score (nSPS) is 21.5. The van der Waals surface area contributed by atoms with Gasteiger partial charge in [-0.2, -0.15) is 4.98 Å². The number of amides is 1. The predicted molar refractivity (Wildman–Crippen MR) is 162 cm³/mol. The SMILES string of the molecule is Cc1cccc(C)c1-c1cc2nc(n1)NS(=O)(=O)c1cccc(c1)C(=O)N1CCN(CC3CCCCC3)C[C@@H]1CCO2. The second-order valence-corrected chi connectivity index (χ2v) is 13.6. The maximum Gasteiger partial charge on any atom is 0.264 e. The van der Waals surface area contributed by atoms with Gasteiger partial charge in [-0.3, -0.25) is 9.69 Å². The highest BCUT2D eigenvalue weighted by atomic mass is 32.2. The molecule has 2 aromatic carbocycles. The monoisotopic (exact) mass is 589 g/mol. The number of piperazine rings is 1. The fraction of sp³-hybridized carbons (Fsp3) is 0.469. The third-order valence-corrected chi connectivity index (χ3v) is 10.2. The highest BCUT2D eigenvalue weighted by Gasteiger charge is 2.33. The van der Waals surface area contributed by atoms with E-state index in [1.807, 2.05) is 36.9 Å². The van der Waals surface area contributed by atoms with E-state index in [9.17, 15) is 13.2 Å². The molecule has 0 unspecified atom stereocenters. The Morgan fingerprint density at radius 2 is 1.71 bits per heavy atom. The Labute approximate surface area is 248 Å². The minimum absolute atomic E-state index is 0.0126. The Morgan fingerprint density at radius 1 is 0.952 bits per heavy atom. The van der Waals surface area contributed by atoms with Crippen LogP contribution >= 0.6 is 0 Å². The molecule has 1 N–H and O–H groups in total. The van der Waals surface area contributed by atoms with Crippen molar-refractivity contribution < 1.29 is 17.9 Å². The van der Waals surface area contributed by atoms with Crippen LogP contribution in [0.1, 0.15) is 60.0 Å². The molecule has 1 saturated carbocycles. The van der Waals surface area contributed by atoms with Gasteiger partial charge in [0.2, 0.25) is 11.8 Å². The Morgan fingerprint density at radius 3 is 2.50 bits per heavy atom. The number of hydrogen-bond acceptors (Lipinski definition) is 7. The van der Waals surface area contributed by atoms with E-state index >= 15 is 0 Å². The van der Waals surface area contributed by atoms with Crippen molar-refractivity contribution in [2.24, 2.45) is 5.92 Å². The van der Waals surface area contributed by atoms with E-state index in [1.165, 1.54) is 44.2 Å². The number of carbonyl (C=O) groups excluding carboxylic acids is 1. The van der Waals surface area contributed by atoms with Crippen LogP contribution in [0.2, 0.25) is 0 Å². The molecular formula is C32H39N5O4S. The van der Waals surface area contributed by atoms with Gasteiger partial charge in [0, 0.05) is 55.8 Å². The number of benzene rings is 2. The minimum Gasteiger partial charge on any atom is -0.477 e. The lowest BCUT2D eigenvalue weighted by Crippen LogP contribution is -2.56. The first-order chi connectivity index (χ1) is 20.3. The number of sulfonamides is 1. The van der Waals surface area contributed by atoms with Crippen LogP contribution < -0.4 is 9.46 Å². The lowest BCUT2D eigenvalue weighted by molar-refractivity contribution is 0.0354. The molecule has 3 heterocycles. The van der Waals surface area contributed by atoms with E-state index in [0.717, 1.165) is 36.3 Å². The molecule has 0 spiro atoms. The van der Waals surface area contributed by atoms with Gasteiger partial charge in [-0.25, -0.2) is 18.1 Å². The smallest absolute Gasteiger partial charge is 0.264 e. The van der Waals surface area contributed by atoms with Crippen LogP contribution in [0.15, 0.2) is 53.4 Å². The van der Waals surface area contributed by atoms with Crippen LogP contribution in [0.4, 0.5) is 5.95 Å². The van der Waals surface area contributed by atoms with Gasteiger partial charge in [-0.05, 0) is 61.9 Å². The van der Waals surface area contributed by atoms with Crippen LogP contribution in [0.3, 0.4) is 0 Å². The first kappa shape index (κ1) is 28.6. The van der Waals surface area contributed by atoms with E-state index in [2.05, 4.69) is 19.6 Å². The van der Waals surface area contributed by atoms with Crippen LogP contribution in [-0.4, -0.2) is 72.9 Å². The molecule has 1 saturated heterocycles. The molecule has 6 rings (SSSR count). The zero-order valence-electron chi connectivity index (χ0n) is 24.4. The molecule has 0 radical (unpaired) electrons. The lowest BCUT2D eigenvalue weighted by Gasteiger charge is -2.43. The highest BCUT2D eigenvalue weighted by Crippen LogP contribution is 2.31. The summed E-state index contributed by atoms with van der Waals surface area (Å²) in [6.45, 7) is 7.58. The van der Waals surface area contributed by atoms with Crippen molar-refractivity contribution in [2.75, 3.05) is 37.5 Å². The predicted octanol–water partition coefficient (Wildman–Crippen LogP) is 5.05. The van der Waals surface area contributed by atoms with Gasteiger partial charge in [0.25, 0.3) is 15.9 Å². The molecule has 9 nitrogen and oxygen atoms in total. The standard InChI is InChI=1S/C32H39N5O4S/c1-22-8-6-9-23(2)30(22)28-19-29-34-32(33-28)35-42(39,40)27-13-7-12-25(18-27)31(38)37-16-15-36(21-26(37)14-17-41-29)20-24-10-4-3-5-11-24/h6-9,12-13,18-19,24,26H,3-5,10-11,14-17,20-21H2,1-2H3,(H,33,34,35)/t26-/m0/s1. The molecule has 10 heteroatoms. The second kappa shape index (κ2) is 12.0. The van der Waals surface area contributed by atoms with E-state index in [0.29, 0.717) is 42.6 Å². The zero-order chi connectivity index (χ0) is 29.3. The second-order valence-electron chi connectivity index (χ2n) is 11.9. The number of rotatable bonds is 3. The molecule has 1 amide bonds. The summed E-state index contributed by atoms with van der Waals surface area (Å²) in [6.07, 6.45) is 7.14. The van der Waals surface area contributed by atoms with Crippen molar-refractivity contribution in [1.29, 1.82) is 0 Å². The first-order valence-corrected chi connectivity index (χ1v) is 16.5. The summed E-state index contributed by atoms with van der Waals surface area (Å²) in [5.74, 6) is 0.780. The summed E-state index contributed by atoms with van der Waals surface area (Å²) in [5.41, 5.74) is 3.89. The molecule has 1 aromatic heterocycles. The average molecular weight is 590 g/mol. The molecular weight excluding hydrogens is 550 g/mol. The van der Waals surface area contributed by atoms with Crippen LogP contribution in [0, 0.1) is 19.8 Å². The molecule has 3 aliphatic rings. The summed E-state index contributed by atoms with van der Waals surface area (Å²) in [6, 6.07) is 13.9. The largest absolute Gasteiger partial charge is 0.477 e. The van der Waals surface area contributed by atoms with Crippen LogP contribution in [0.25, 0.3) is 11.3 Å². The number of hydrogen-bond donors (Lipinski definition) is 1. The number of nitrogens with zero attached hydrogens (tertiary/aromatic N) is 4. The maximum atomic E-state index is 13.8. The molecule has 2 fully saturated rings. The topological polar surface area (TPSA) is 105 Å². The summed E-state index contributed by atoms with van der Waals surface area (Å²) in [4.78, 5) is 27.2. The van der Waals surface area contributed by atoms with Crippen molar-refractivity contribution in [3.63, 3.8) is 0 Å². The lowest BCUT2D eigenvalue weighted by atomic mass is 9.88. The van der Waals surface area contributed by atoms with Gasteiger partial charge in [-0.15, -0.1) is 0 Å². The quantitative estimate of drug-likeness (QED) is 0.456. The number of fused-ring (bicyclic) bond motifs is 5. The molecule has 3 aromatic rings. The number of anilines is 1. The molecule has 42 heavy (non-hydrogen) atoms. The van der Waals surface area contributed by atoms with Gasteiger partial charge < -0.3 is 9.64 Å². The molecule has 1 atom stereocenters. The number of carbonyl (C=O) groups is 1. The Balaban J connectivity index is 1.35. The fourth-order valence-electron chi connectivity index (χ4n) is 6.67. The number of aryl methyl sites for hydroxylation is 2. The fourth-order valence-corrected chi connectivity index (χ4v) is 7.66. The minimum atomic E-state index is -4.07. The van der Waals surface area contributed by atoms with Crippen molar-refractivity contribution in [1.82, 2.24) is 19.8 Å². The molecule has 2 aliphatic heterocycles. The Bertz CT molecular complexity index is 1550. The van der Waals surface area contributed by atoms with Gasteiger partial charge >= 0.3 is 0 Å². The summed E-state index contributed by atoms with van der Waals surface area (Å²) < 4.78 is 35.7. The van der Waals surface area contributed by atoms with E-state index in [-0.39, 0.29) is 22.8 Å². The van der Waals surface area contributed by atoms with Gasteiger partial charge in [0.15, 0.2) is 0 Å². The molecule has 222 valence electrons. The van der Waals surface area contributed by atoms with Crippen molar-refractivity contribution in [3.8, 4) is 17.1 Å². The highest BCUT2D eigenvalue weighted by molar-refractivity contribution is 7.92. The number of aromatic nitrogens is 2. The van der Waals surface area contributed by atoms with Crippen molar-refractivity contribution >= 4 is 21.9 Å². The van der Waals surface area contributed by atoms with Crippen molar-refractivity contribution in [2.45, 2.75) is 63.3 Å². The van der Waals surface area contributed by atoms with Crippen LogP contribution in [0.5, 0.6) is 5.88 Å². The van der Waals surface area contributed by atoms with Crippen LogP contribution in [-0.2, 0) is 10.0 Å². The van der Waals surface area contributed by atoms with E-state index < -0.39 is 10.0 Å². The van der Waals surface area contributed by atoms with E-state index in [4.69, 9.17) is 4.74 Å². The zero-order valence-corrected chi connectivity index (χ0v) is 25.2.